The number of fused-ring (bicyclic) bond motifs is 1. The lowest BCUT2D eigenvalue weighted by Crippen LogP contribution is -1.98. The number of hydrogen-bond donors (Lipinski definition) is 0. The number of ketones is 1. The normalized spacial score (nSPS) is 13.9. The van der Waals surface area contributed by atoms with Crippen LogP contribution in [-0.2, 0) is 0 Å². The summed E-state index contributed by atoms with van der Waals surface area (Å²) in [6.45, 7) is 2.14. The minimum absolute atomic E-state index is 0.130. The number of ether oxygens (including phenoxy) is 1. The van der Waals surface area contributed by atoms with Crippen LogP contribution in [0.4, 0.5) is 0 Å². The number of hydrogen-bond acceptors (Lipinski definition) is 4. The van der Waals surface area contributed by atoms with Crippen LogP contribution in [0.1, 0.15) is 22.8 Å². The van der Waals surface area contributed by atoms with Crippen molar-refractivity contribution in [2.24, 2.45) is 0 Å². The SMILES string of the molecule is CCSc1ccc(-c2nn(-c3ccccc3)cc2/C=C2\Oc3ccc(Br)cc3C2=O)cc1. The second-order valence-corrected chi connectivity index (χ2v) is 9.50. The highest BCUT2D eigenvalue weighted by atomic mass is 79.9. The van der Waals surface area contributed by atoms with Crippen LogP contribution in [0.3, 0.4) is 0 Å². The van der Waals surface area contributed by atoms with Gasteiger partial charge in [-0.1, -0.05) is 53.2 Å². The number of halogens is 1. The van der Waals surface area contributed by atoms with Crippen LogP contribution >= 0.6 is 27.7 Å². The first kappa shape index (κ1) is 20.8. The highest BCUT2D eigenvalue weighted by molar-refractivity contribution is 9.10. The van der Waals surface area contributed by atoms with Crippen molar-refractivity contribution in [3.8, 4) is 22.7 Å². The molecule has 6 heteroatoms. The molecule has 0 aliphatic carbocycles. The Morgan fingerprint density at radius 3 is 2.59 bits per heavy atom. The summed E-state index contributed by atoms with van der Waals surface area (Å²) in [5.41, 5.74) is 4.10. The number of aromatic nitrogens is 2. The Labute approximate surface area is 199 Å². The van der Waals surface area contributed by atoms with Crippen molar-refractivity contribution in [2.75, 3.05) is 5.75 Å². The molecule has 0 atom stereocenters. The molecule has 3 aromatic carbocycles. The number of rotatable bonds is 5. The summed E-state index contributed by atoms with van der Waals surface area (Å²) in [6.07, 6.45) is 3.72. The molecule has 0 N–H and O–H groups in total. The Hall–Kier alpha value is -3.09. The third-order valence-corrected chi connectivity index (χ3v) is 6.51. The number of benzene rings is 3. The van der Waals surface area contributed by atoms with Crippen LogP contribution in [0, 0.1) is 0 Å². The van der Waals surface area contributed by atoms with Gasteiger partial charge in [-0.3, -0.25) is 4.79 Å². The summed E-state index contributed by atoms with van der Waals surface area (Å²) in [4.78, 5) is 14.2. The molecule has 2 heterocycles. The van der Waals surface area contributed by atoms with E-state index in [4.69, 9.17) is 9.84 Å². The summed E-state index contributed by atoms with van der Waals surface area (Å²) >= 11 is 5.23. The molecule has 1 aliphatic heterocycles. The number of thioether (sulfide) groups is 1. The Morgan fingerprint density at radius 2 is 1.84 bits per heavy atom. The lowest BCUT2D eigenvalue weighted by Gasteiger charge is -2.03. The second-order valence-electron chi connectivity index (χ2n) is 7.25. The van der Waals surface area contributed by atoms with Gasteiger partial charge < -0.3 is 4.74 Å². The van der Waals surface area contributed by atoms with E-state index < -0.39 is 0 Å². The summed E-state index contributed by atoms with van der Waals surface area (Å²) in [7, 11) is 0. The summed E-state index contributed by atoms with van der Waals surface area (Å²) < 4.78 is 8.56. The van der Waals surface area contributed by atoms with E-state index in [0.717, 1.165) is 32.7 Å². The highest BCUT2D eigenvalue weighted by Crippen LogP contribution is 2.35. The van der Waals surface area contributed by atoms with E-state index in [0.29, 0.717) is 17.1 Å². The summed E-state index contributed by atoms with van der Waals surface area (Å²) in [5, 5.41) is 4.85. The van der Waals surface area contributed by atoms with Gasteiger partial charge >= 0.3 is 0 Å². The van der Waals surface area contributed by atoms with E-state index in [-0.39, 0.29) is 5.78 Å². The predicted octanol–water partition coefficient (Wildman–Crippen LogP) is 7.03. The molecule has 0 bridgehead atoms. The van der Waals surface area contributed by atoms with Gasteiger partial charge in [-0.25, -0.2) is 4.68 Å². The average Bonchev–Trinajstić information content (AvgIpc) is 3.37. The lowest BCUT2D eigenvalue weighted by atomic mass is 10.1. The summed E-state index contributed by atoms with van der Waals surface area (Å²) in [6, 6.07) is 23.7. The van der Waals surface area contributed by atoms with Gasteiger partial charge in [-0.15, -0.1) is 11.8 Å². The van der Waals surface area contributed by atoms with Crippen molar-refractivity contribution in [1.29, 1.82) is 0 Å². The fourth-order valence-corrected chi connectivity index (χ4v) is 4.63. The fourth-order valence-electron chi connectivity index (χ4n) is 3.61. The maximum atomic E-state index is 13.0. The number of para-hydroxylation sites is 1. The topological polar surface area (TPSA) is 44.1 Å². The molecular weight excluding hydrogens is 484 g/mol. The van der Waals surface area contributed by atoms with Gasteiger partial charge in [0, 0.05) is 26.7 Å². The van der Waals surface area contributed by atoms with E-state index in [1.807, 2.05) is 47.3 Å². The first-order valence-corrected chi connectivity index (χ1v) is 12.0. The monoisotopic (exact) mass is 502 g/mol. The van der Waals surface area contributed by atoms with Crippen LogP contribution < -0.4 is 4.74 Å². The van der Waals surface area contributed by atoms with Gasteiger partial charge in [0.25, 0.3) is 0 Å². The third kappa shape index (κ3) is 4.04. The molecule has 0 amide bonds. The molecule has 0 unspecified atom stereocenters. The van der Waals surface area contributed by atoms with Crippen LogP contribution in [0.15, 0.2) is 94.1 Å². The molecule has 158 valence electrons. The molecule has 1 aliphatic rings. The molecule has 4 nitrogen and oxygen atoms in total. The van der Waals surface area contributed by atoms with Gasteiger partial charge in [0.15, 0.2) is 5.76 Å². The first-order valence-electron chi connectivity index (χ1n) is 10.2. The van der Waals surface area contributed by atoms with Crippen LogP contribution in [-0.4, -0.2) is 21.3 Å². The Morgan fingerprint density at radius 1 is 1.06 bits per heavy atom. The number of Topliss-reactive ketones (excluding diaryl/α,β-unsaturated/α-hetero) is 1. The number of carbonyl (C=O) groups excluding carboxylic acids is 1. The maximum Gasteiger partial charge on any atom is 0.232 e. The van der Waals surface area contributed by atoms with E-state index in [2.05, 4.69) is 47.1 Å². The van der Waals surface area contributed by atoms with Gasteiger partial charge in [-0.05, 0) is 54.3 Å². The van der Waals surface area contributed by atoms with Crippen LogP contribution in [0.25, 0.3) is 23.0 Å². The van der Waals surface area contributed by atoms with E-state index in [9.17, 15) is 4.79 Å². The van der Waals surface area contributed by atoms with E-state index in [1.165, 1.54) is 4.90 Å². The minimum Gasteiger partial charge on any atom is -0.452 e. The van der Waals surface area contributed by atoms with E-state index >= 15 is 0 Å². The zero-order valence-corrected chi connectivity index (χ0v) is 19.7. The van der Waals surface area contributed by atoms with Crippen molar-refractivity contribution in [1.82, 2.24) is 9.78 Å². The Kier molecular flexibility index (Phi) is 5.72. The maximum absolute atomic E-state index is 13.0. The average molecular weight is 503 g/mol. The Balaban J connectivity index is 1.59. The largest absolute Gasteiger partial charge is 0.452 e. The summed E-state index contributed by atoms with van der Waals surface area (Å²) in [5.74, 6) is 1.76. The number of nitrogens with zero attached hydrogens (tertiary/aromatic N) is 2. The molecule has 0 radical (unpaired) electrons. The van der Waals surface area contributed by atoms with Gasteiger partial charge in [0.1, 0.15) is 11.4 Å². The standard InChI is InChI=1S/C26H19BrN2O2S/c1-2-32-21-11-8-17(9-12-21)25-18(16-29(28-25)20-6-4-3-5-7-20)14-24-26(30)22-15-19(27)10-13-23(22)31-24/h3-16H,2H2,1H3/b24-14-. The first-order chi connectivity index (χ1) is 15.6. The van der Waals surface area contributed by atoms with Crippen molar-refractivity contribution >= 4 is 39.6 Å². The lowest BCUT2D eigenvalue weighted by molar-refractivity contribution is 0.101. The molecule has 0 fully saturated rings. The molecule has 5 rings (SSSR count). The van der Waals surface area contributed by atoms with Crippen molar-refractivity contribution in [2.45, 2.75) is 11.8 Å². The molecule has 4 aromatic rings. The molecule has 32 heavy (non-hydrogen) atoms. The zero-order chi connectivity index (χ0) is 22.1. The smallest absolute Gasteiger partial charge is 0.232 e. The van der Waals surface area contributed by atoms with Gasteiger partial charge in [-0.2, -0.15) is 5.10 Å². The quantitative estimate of drug-likeness (QED) is 0.217. The zero-order valence-electron chi connectivity index (χ0n) is 17.3. The van der Waals surface area contributed by atoms with Gasteiger partial charge in [0.05, 0.1) is 11.3 Å². The van der Waals surface area contributed by atoms with Gasteiger partial charge in [0.2, 0.25) is 5.78 Å². The minimum atomic E-state index is -0.130. The van der Waals surface area contributed by atoms with E-state index in [1.54, 1.807) is 30.0 Å². The predicted molar refractivity (Wildman–Crippen MR) is 132 cm³/mol. The molecule has 1 aromatic heterocycles. The Bertz CT molecular complexity index is 1330. The van der Waals surface area contributed by atoms with Crippen molar-refractivity contribution in [3.05, 3.63) is 100 Å². The number of allylic oxidation sites excluding steroid dienone is 1. The van der Waals surface area contributed by atoms with Crippen molar-refractivity contribution < 1.29 is 9.53 Å². The highest BCUT2D eigenvalue weighted by Gasteiger charge is 2.28. The molecule has 0 saturated carbocycles. The molecular formula is C26H19BrN2O2S. The van der Waals surface area contributed by atoms with Crippen LogP contribution in [0.5, 0.6) is 5.75 Å². The third-order valence-electron chi connectivity index (χ3n) is 5.12. The molecule has 0 saturated heterocycles. The van der Waals surface area contributed by atoms with Crippen molar-refractivity contribution in [3.63, 3.8) is 0 Å². The molecule has 0 spiro atoms. The fraction of sp³-hybridized carbons (Fsp3) is 0.0769. The second kappa shape index (κ2) is 8.81. The number of carbonyl (C=O) groups is 1. The van der Waals surface area contributed by atoms with Crippen LogP contribution in [0.2, 0.25) is 0 Å².